The Kier molecular flexibility index (Phi) is 6.53. The molecule has 0 aliphatic heterocycles. The first-order valence-corrected chi connectivity index (χ1v) is 6.39. The van der Waals surface area contributed by atoms with Crippen molar-refractivity contribution in [3.63, 3.8) is 0 Å². The number of hydrogen-bond donors (Lipinski definition) is 2. The van der Waals surface area contributed by atoms with Crippen LogP contribution in [0.15, 0.2) is 24.3 Å². The zero-order valence-electron chi connectivity index (χ0n) is 9.28. The summed E-state index contributed by atoms with van der Waals surface area (Å²) in [5.41, 5.74) is 8.37. The van der Waals surface area contributed by atoms with Gasteiger partial charge in [-0.2, -0.15) is 12.6 Å². The summed E-state index contributed by atoms with van der Waals surface area (Å²) in [5.74, 6) is 0.993. The first-order valence-electron chi connectivity index (χ1n) is 5.75. The van der Waals surface area contributed by atoms with Crippen molar-refractivity contribution in [2.45, 2.75) is 32.1 Å². The fourth-order valence-electron chi connectivity index (χ4n) is 1.69. The summed E-state index contributed by atoms with van der Waals surface area (Å²) in [7, 11) is 0. The average molecular weight is 223 g/mol. The second-order valence-electron chi connectivity index (χ2n) is 3.89. The van der Waals surface area contributed by atoms with Crippen molar-refractivity contribution in [3.05, 3.63) is 35.4 Å². The quantitative estimate of drug-likeness (QED) is 0.539. The second kappa shape index (κ2) is 7.77. The fourth-order valence-corrected chi connectivity index (χ4v) is 1.91. The molecule has 2 N–H and O–H groups in total. The van der Waals surface area contributed by atoms with Gasteiger partial charge >= 0.3 is 0 Å². The third-order valence-corrected chi connectivity index (χ3v) is 2.85. The van der Waals surface area contributed by atoms with Crippen molar-refractivity contribution in [2.24, 2.45) is 5.73 Å². The van der Waals surface area contributed by atoms with Crippen molar-refractivity contribution < 1.29 is 0 Å². The molecular weight excluding hydrogens is 202 g/mol. The summed E-state index contributed by atoms with van der Waals surface area (Å²) in [6.07, 6.45) is 5.81. The van der Waals surface area contributed by atoms with Gasteiger partial charge in [-0.15, -0.1) is 0 Å². The molecule has 0 aliphatic carbocycles. The van der Waals surface area contributed by atoms with Crippen LogP contribution >= 0.6 is 12.6 Å². The van der Waals surface area contributed by atoms with E-state index in [1.165, 1.54) is 30.4 Å². The molecule has 0 fully saturated rings. The third kappa shape index (κ3) is 5.24. The normalized spacial score (nSPS) is 10.5. The Labute approximate surface area is 98.5 Å². The molecule has 2 heteroatoms. The second-order valence-corrected chi connectivity index (χ2v) is 4.34. The van der Waals surface area contributed by atoms with Gasteiger partial charge in [-0.25, -0.2) is 0 Å². The average Bonchev–Trinajstić information content (AvgIpc) is 2.27. The molecule has 0 saturated carbocycles. The Bertz CT molecular complexity index is 273. The van der Waals surface area contributed by atoms with E-state index in [1.54, 1.807) is 0 Å². The van der Waals surface area contributed by atoms with Crippen molar-refractivity contribution in [2.75, 3.05) is 12.3 Å². The zero-order valence-corrected chi connectivity index (χ0v) is 10.2. The van der Waals surface area contributed by atoms with E-state index in [-0.39, 0.29) is 0 Å². The van der Waals surface area contributed by atoms with Crippen LogP contribution in [-0.2, 0) is 12.8 Å². The molecule has 1 aromatic carbocycles. The van der Waals surface area contributed by atoms with Gasteiger partial charge in [0, 0.05) is 0 Å². The highest BCUT2D eigenvalue weighted by atomic mass is 32.1. The minimum atomic E-state index is 0.782. The number of thiol groups is 1. The number of rotatable bonds is 7. The predicted octanol–water partition coefficient (Wildman–Crippen LogP) is 2.83. The molecule has 0 radical (unpaired) electrons. The minimum Gasteiger partial charge on any atom is -0.330 e. The Morgan fingerprint density at radius 2 is 1.67 bits per heavy atom. The largest absolute Gasteiger partial charge is 0.330 e. The van der Waals surface area contributed by atoms with E-state index in [9.17, 15) is 0 Å². The van der Waals surface area contributed by atoms with Crippen LogP contribution in [0.25, 0.3) is 0 Å². The highest BCUT2D eigenvalue weighted by Gasteiger charge is 1.96. The number of aryl methyl sites for hydroxylation is 2. The van der Waals surface area contributed by atoms with E-state index >= 15 is 0 Å². The molecule has 0 bridgehead atoms. The molecule has 84 valence electrons. The summed E-state index contributed by atoms with van der Waals surface area (Å²) in [4.78, 5) is 0. The van der Waals surface area contributed by atoms with E-state index in [2.05, 4.69) is 36.9 Å². The van der Waals surface area contributed by atoms with Crippen LogP contribution in [0.4, 0.5) is 0 Å². The molecular formula is C13H21NS. The first-order chi connectivity index (χ1) is 7.36. The van der Waals surface area contributed by atoms with Gasteiger partial charge in [0.1, 0.15) is 0 Å². The smallest absolute Gasteiger partial charge is 0.00741 e. The van der Waals surface area contributed by atoms with Gasteiger partial charge in [-0.3, -0.25) is 0 Å². The van der Waals surface area contributed by atoms with Crippen molar-refractivity contribution in [1.82, 2.24) is 0 Å². The highest BCUT2D eigenvalue weighted by Crippen LogP contribution is 2.10. The summed E-state index contributed by atoms with van der Waals surface area (Å²) >= 11 is 4.22. The Morgan fingerprint density at radius 1 is 1.00 bits per heavy atom. The molecule has 15 heavy (non-hydrogen) atoms. The highest BCUT2D eigenvalue weighted by molar-refractivity contribution is 7.80. The van der Waals surface area contributed by atoms with Crippen molar-refractivity contribution in [3.8, 4) is 0 Å². The van der Waals surface area contributed by atoms with Gasteiger partial charge in [0.25, 0.3) is 0 Å². The van der Waals surface area contributed by atoms with Gasteiger partial charge in [0.05, 0.1) is 0 Å². The van der Waals surface area contributed by atoms with E-state index < -0.39 is 0 Å². The molecule has 0 unspecified atom stereocenters. The van der Waals surface area contributed by atoms with Crippen LogP contribution in [0.1, 0.15) is 30.4 Å². The zero-order chi connectivity index (χ0) is 10.9. The van der Waals surface area contributed by atoms with Crippen LogP contribution in [0.5, 0.6) is 0 Å². The van der Waals surface area contributed by atoms with E-state index in [0.29, 0.717) is 0 Å². The number of nitrogens with two attached hydrogens (primary N) is 1. The maximum absolute atomic E-state index is 5.50. The monoisotopic (exact) mass is 223 g/mol. The molecule has 0 amide bonds. The Balaban J connectivity index is 2.42. The van der Waals surface area contributed by atoms with E-state index in [1.807, 2.05) is 0 Å². The summed E-state index contributed by atoms with van der Waals surface area (Å²) in [6, 6.07) is 8.87. The number of hydrogen-bond acceptors (Lipinski definition) is 2. The van der Waals surface area contributed by atoms with E-state index in [4.69, 9.17) is 5.73 Å². The molecule has 0 saturated heterocycles. The van der Waals surface area contributed by atoms with Crippen LogP contribution < -0.4 is 5.73 Å². The lowest BCUT2D eigenvalue weighted by Crippen LogP contribution is -2.00. The lowest BCUT2D eigenvalue weighted by molar-refractivity contribution is 0.797. The van der Waals surface area contributed by atoms with Gasteiger partial charge in [0.15, 0.2) is 0 Å². The topological polar surface area (TPSA) is 26.0 Å². The SMILES string of the molecule is NCCCc1cccc(CCCCS)c1. The van der Waals surface area contributed by atoms with Gasteiger partial charge < -0.3 is 5.73 Å². The van der Waals surface area contributed by atoms with Crippen LogP contribution in [0.2, 0.25) is 0 Å². The Morgan fingerprint density at radius 3 is 2.27 bits per heavy atom. The third-order valence-electron chi connectivity index (χ3n) is 2.53. The van der Waals surface area contributed by atoms with E-state index in [0.717, 1.165) is 25.1 Å². The standard InChI is InChI=1S/C13H21NS/c14-9-4-8-13-7-3-6-12(11-13)5-1-2-10-15/h3,6-7,11,15H,1-2,4-5,8-10,14H2. The van der Waals surface area contributed by atoms with Crippen LogP contribution in [0.3, 0.4) is 0 Å². The van der Waals surface area contributed by atoms with Crippen molar-refractivity contribution >= 4 is 12.6 Å². The van der Waals surface area contributed by atoms with Gasteiger partial charge in [-0.05, 0) is 55.5 Å². The van der Waals surface area contributed by atoms with Crippen molar-refractivity contribution in [1.29, 1.82) is 0 Å². The fraction of sp³-hybridized carbons (Fsp3) is 0.538. The van der Waals surface area contributed by atoms with Crippen LogP contribution in [0, 0.1) is 0 Å². The molecule has 1 nitrogen and oxygen atoms in total. The predicted molar refractivity (Wildman–Crippen MR) is 70.6 cm³/mol. The van der Waals surface area contributed by atoms with Gasteiger partial charge in [0.2, 0.25) is 0 Å². The maximum atomic E-state index is 5.50. The minimum absolute atomic E-state index is 0.782. The molecule has 0 heterocycles. The first kappa shape index (κ1) is 12.6. The number of benzene rings is 1. The molecule has 0 aromatic heterocycles. The van der Waals surface area contributed by atoms with Gasteiger partial charge in [-0.1, -0.05) is 24.3 Å². The summed E-state index contributed by atoms with van der Waals surface area (Å²) in [6.45, 7) is 0.782. The van der Waals surface area contributed by atoms with Crippen LogP contribution in [-0.4, -0.2) is 12.3 Å². The molecule has 1 rings (SSSR count). The summed E-state index contributed by atoms with van der Waals surface area (Å²) < 4.78 is 0. The lowest BCUT2D eigenvalue weighted by atomic mass is 10.0. The molecule has 0 atom stereocenters. The maximum Gasteiger partial charge on any atom is -0.00741 e. The number of unbranched alkanes of at least 4 members (excludes halogenated alkanes) is 1. The Hall–Kier alpha value is -0.470. The molecule has 0 aliphatic rings. The lowest BCUT2D eigenvalue weighted by Gasteiger charge is -2.04. The molecule has 1 aromatic rings. The summed E-state index contributed by atoms with van der Waals surface area (Å²) in [5, 5.41) is 0. The molecule has 0 spiro atoms.